The molecule has 4 rings (SSSR count). The number of carbonyl (C=O) groups is 2. The van der Waals surface area contributed by atoms with Crippen LogP contribution in [0.15, 0.2) is 133 Å². The number of benzene rings is 4. The Kier molecular flexibility index (Phi) is 19.7. The molecule has 0 aromatic heterocycles. The van der Waals surface area contributed by atoms with Crippen LogP contribution in [-0.2, 0) is 19.1 Å². The Hall–Kier alpha value is -3.95. The van der Waals surface area contributed by atoms with Crippen LogP contribution in [-0.4, -0.2) is 45.0 Å². The summed E-state index contributed by atoms with van der Waals surface area (Å²) in [5.74, 6) is -0.723. The lowest BCUT2D eigenvalue weighted by atomic mass is 10.0. The highest BCUT2D eigenvalue weighted by Crippen LogP contribution is 2.20. The Morgan fingerprint density at radius 2 is 0.927 bits per heavy atom. The molecule has 0 spiro atoms. The van der Waals surface area contributed by atoms with Crippen molar-refractivity contribution in [2.24, 2.45) is 10.7 Å². The van der Waals surface area contributed by atoms with Gasteiger partial charge in [-0.05, 0) is 16.7 Å². The molecule has 2 N–H and O–H groups in total. The first-order chi connectivity index (χ1) is 19.0. The number of nitrogens with two attached hydrogens (primary N) is 1. The molecule has 0 amide bonds. The van der Waals surface area contributed by atoms with Crippen molar-refractivity contribution in [1.82, 2.24) is 0 Å². The fourth-order valence-corrected chi connectivity index (χ4v) is 3.28. The van der Waals surface area contributed by atoms with Crippen LogP contribution in [0.3, 0.4) is 0 Å². The lowest BCUT2D eigenvalue weighted by molar-refractivity contribution is -0.139. The molecule has 6 nitrogen and oxygen atoms in total. The minimum absolute atomic E-state index is 0. The zero-order chi connectivity index (χ0) is 28.3. The van der Waals surface area contributed by atoms with Crippen molar-refractivity contribution in [2.75, 3.05) is 27.3 Å². The number of carbonyl (C=O) groups excluding carboxylic acids is 2. The van der Waals surface area contributed by atoms with Gasteiger partial charge in [-0.3, -0.25) is 14.6 Å². The number of aliphatic imine (C=N–C) groups is 1. The zero-order valence-corrected chi connectivity index (χ0v) is 26.6. The molecular weight excluding hydrogens is 550 g/mol. The van der Waals surface area contributed by atoms with Gasteiger partial charge in [0.25, 0.3) is 0 Å². The summed E-state index contributed by atoms with van der Waals surface area (Å²) in [6.07, 6.45) is 0. The lowest BCUT2D eigenvalue weighted by Crippen LogP contribution is -2.14. The van der Waals surface area contributed by atoms with Crippen molar-refractivity contribution in [3.05, 3.63) is 150 Å². The van der Waals surface area contributed by atoms with E-state index in [0.29, 0.717) is 0 Å². The standard InChI is InChI=1S/C16H15NO2.C14H12.C3H7NO2.2H3P/c1-19-15(18)12-17-16(13-8-4-2-5-9-13)14-10-6-3-7-11-14;1-12(13-8-4-2-5-9-13)14-10-6-3-7-11-14;1-6-3(5)2-4;;/h2-11H,12H2,1H3;2-11H,1H2;2,4H2,1H3;2*1H3. The fraction of sp³-hybridized carbons (Fsp3) is 0.121. The molecule has 0 fully saturated rings. The Bertz CT molecular complexity index is 1230. The van der Waals surface area contributed by atoms with Crippen LogP contribution in [0, 0.1) is 0 Å². The predicted molar refractivity (Wildman–Crippen MR) is 180 cm³/mol. The van der Waals surface area contributed by atoms with Crippen molar-refractivity contribution < 1.29 is 19.1 Å². The Morgan fingerprint density at radius 3 is 1.20 bits per heavy atom. The van der Waals surface area contributed by atoms with Gasteiger partial charge in [-0.1, -0.05) is 128 Å². The molecule has 0 aliphatic rings. The van der Waals surface area contributed by atoms with Gasteiger partial charge in [0.05, 0.1) is 26.5 Å². The molecule has 0 bridgehead atoms. The Labute approximate surface area is 249 Å². The van der Waals surface area contributed by atoms with E-state index >= 15 is 0 Å². The second-order valence-electron chi connectivity index (χ2n) is 7.96. The molecule has 0 saturated heterocycles. The van der Waals surface area contributed by atoms with E-state index in [9.17, 15) is 9.59 Å². The summed E-state index contributed by atoms with van der Waals surface area (Å²) in [7, 11) is 2.66. The normalized spacial score (nSPS) is 8.95. The van der Waals surface area contributed by atoms with E-state index in [1.165, 1.54) is 25.3 Å². The van der Waals surface area contributed by atoms with E-state index in [1.807, 2.05) is 97.1 Å². The molecule has 0 heterocycles. The third-order valence-corrected chi connectivity index (χ3v) is 5.33. The molecule has 41 heavy (non-hydrogen) atoms. The molecule has 0 saturated carbocycles. The van der Waals surface area contributed by atoms with Gasteiger partial charge in [-0.25, -0.2) is 0 Å². The number of rotatable bonds is 7. The number of methoxy groups -OCH3 is 2. The van der Waals surface area contributed by atoms with Crippen LogP contribution in [0.1, 0.15) is 22.3 Å². The summed E-state index contributed by atoms with van der Waals surface area (Å²) in [4.78, 5) is 25.5. The first-order valence-electron chi connectivity index (χ1n) is 12.3. The molecule has 2 atom stereocenters. The Balaban J connectivity index is 0.000000643. The van der Waals surface area contributed by atoms with Crippen LogP contribution in [0.5, 0.6) is 0 Å². The van der Waals surface area contributed by atoms with E-state index in [0.717, 1.165) is 22.4 Å². The zero-order valence-electron chi connectivity index (χ0n) is 23.7. The van der Waals surface area contributed by atoms with Crippen molar-refractivity contribution in [3.63, 3.8) is 0 Å². The summed E-state index contributed by atoms with van der Waals surface area (Å²) in [5, 5.41) is 0. The summed E-state index contributed by atoms with van der Waals surface area (Å²) in [5.41, 5.74) is 11.0. The first-order valence-corrected chi connectivity index (χ1v) is 12.3. The van der Waals surface area contributed by atoms with Gasteiger partial charge in [-0.15, -0.1) is 0 Å². The largest absolute Gasteiger partial charge is 0.468 e. The molecule has 2 unspecified atom stereocenters. The summed E-state index contributed by atoms with van der Waals surface area (Å²) >= 11 is 0. The molecule has 0 aliphatic carbocycles. The second-order valence-corrected chi connectivity index (χ2v) is 7.96. The van der Waals surface area contributed by atoms with Crippen LogP contribution in [0.25, 0.3) is 5.57 Å². The number of ether oxygens (including phenoxy) is 2. The monoisotopic (exact) mass is 590 g/mol. The third kappa shape index (κ3) is 13.8. The summed E-state index contributed by atoms with van der Waals surface area (Å²) in [6, 6.07) is 40.1. The molecule has 0 aliphatic heterocycles. The topological polar surface area (TPSA) is 91.0 Å². The minimum Gasteiger partial charge on any atom is -0.468 e. The first kappa shape index (κ1) is 37.1. The van der Waals surface area contributed by atoms with Crippen LogP contribution in [0.2, 0.25) is 0 Å². The van der Waals surface area contributed by atoms with Crippen LogP contribution < -0.4 is 5.73 Å². The average molecular weight is 591 g/mol. The van der Waals surface area contributed by atoms with Gasteiger partial charge in [0, 0.05) is 11.1 Å². The Morgan fingerprint density at radius 1 is 0.610 bits per heavy atom. The van der Waals surface area contributed by atoms with Crippen LogP contribution in [0.4, 0.5) is 0 Å². The van der Waals surface area contributed by atoms with Crippen molar-refractivity contribution in [1.29, 1.82) is 0 Å². The molecular formula is C33H40N2O4P2. The molecule has 8 heteroatoms. The van der Waals surface area contributed by atoms with Crippen molar-refractivity contribution in [3.8, 4) is 0 Å². The summed E-state index contributed by atoms with van der Waals surface area (Å²) < 4.78 is 8.76. The maximum absolute atomic E-state index is 11.2. The van der Waals surface area contributed by atoms with Gasteiger partial charge >= 0.3 is 11.9 Å². The average Bonchev–Trinajstić information content (AvgIpc) is 3.02. The third-order valence-electron chi connectivity index (χ3n) is 5.33. The predicted octanol–water partition coefficient (Wildman–Crippen LogP) is 5.68. The summed E-state index contributed by atoms with van der Waals surface area (Å²) in [6.45, 7) is 4.09. The second kappa shape index (κ2) is 21.8. The fourth-order valence-electron chi connectivity index (χ4n) is 3.28. The lowest BCUT2D eigenvalue weighted by Gasteiger charge is -2.07. The molecule has 4 aromatic carbocycles. The maximum atomic E-state index is 11.2. The number of esters is 2. The minimum atomic E-state index is -0.380. The highest BCUT2D eigenvalue weighted by atomic mass is 31.0. The highest BCUT2D eigenvalue weighted by Gasteiger charge is 2.07. The molecule has 216 valence electrons. The van der Waals surface area contributed by atoms with E-state index in [4.69, 9.17) is 5.73 Å². The number of hydrogen-bond donors (Lipinski definition) is 1. The SMILES string of the molecule is C=C(c1ccccc1)c1ccccc1.COC(=O)CN.COC(=O)CN=C(c1ccccc1)c1ccccc1.P.P. The highest BCUT2D eigenvalue weighted by molar-refractivity contribution is 6.92. The van der Waals surface area contributed by atoms with Gasteiger partial charge in [0.2, 0.25) is 0 Å². The van der Waals surface area contributed by atoms with Gasteiger partial charge in [-0.2, -0.15) is 19.8 Å². The molecule has 4 aromatic rings. The van der Waals surface area contributed by atoms with Crippen molar-refractivity contribution in [2.45, 2.75) is 0 Å². The van der Waals surface area contributed by atoms with Crippen LogP contribution >= 0.6 is 19.8 Å². The van der Waals surface area contributed by atoms with E-state index in [1.54, 1.807) is 0 Å². The van der Waals surface area contributed by atoms with Crippen molar-refractivity contribution >= 4 is 43.0 Å². The van der Waals surface area contributed by atoms with Gasteiger partial charge in [0.15, 0.2) is 0 Å². The van der Waals surface area contributed by atoms with E-state index in [2.05, 4.69) is 45.3 Å². The van der Waals surface area contributed by atoms with E-state index in [-0.39, 0.29) is 44.8 Å². The van der Waals surface area contributed by atoms with Gasteiger partial charge in [0.1, 0.15) is 6.54 Å². The maximum Gasteiger partial charge on any atom is 0.327 e. The number of nitrogens with zero attached hydrogens (tertiary/aromatic N) is 1. The quantitative estimate of drug-likeness (QED) is 0.170. The van der Waals surface area contributed by atoms with E-state index < -0.39 is 0 Å². The number of hydrogen-bond acceptors (Lipinski definition) is 6. The van der Waals surface area contributed by atoms with Gasteiger partial charge < -0.3 is 15.2 Å². The smallest absolute Gasteiger partial charge is 0.327 e. The molecule has 0 radical (unpaired) electrons.